The number of aryl methyl sites for hydroxylation is 1. The molecule has 0 radical (unpaired) electrons. The first-order valence-corrected chi connectivity index (χ1v) is 10.1. The first-order valence-electron chi connectivity index (χ1n) is 10.1. The van der Waals surface area contributed by atoms with Crippen molar-refractivity contribution >= 4 is 5.91 Å². The van der Waals surface area contributed by atoms with Crippen LogP contribution in [0.3, 0.4) is 0 Å². The Hall–Kier alpha value is -3.06. The molecule has 0 bridgehead atoms. The van der Waals surface area contributed by atoms with Crippen LogP contribution in [0, 0.1) is 0 Å². The molecule has 29 heavy (non-hydrogen) atoms. The molecule has 1 fully saturated rings. The second kappa shape index (κ2) is 8.53. The summed E-state index contributed by atoms with van der Waals surface area (Å²) in [6.45, 7) is 4.04. The van der Waals surface area contributed by atoms with Gasteiger partial charge in [0.1, 0.15) is 17.1 Å². The van der Waals surface area contributed by atoms with Gasteiger partial charge in [-0.1, -0.05) is 0 Å². The number of carbonyl (C=O) groups excluding carboxylic acids is 1. The molecular formula is C22H28N5O2+. The standard InChI is InChI=1S/C22H27N5O2/c1-25-12-5-6-20(25)19-16-21(22(28)23-11-15-26-13-3-4-14-26)27(24-19)17-7-9-18(29-2)10-8-17/h5-10,12,16H,3-4,11,13-15H2,1-2H3,(H,23,28)/p+1. The van der Waals surface area contributed by atoms with E-state index in [1.54, 1.807) is 16.7 Å². The van der Waals surface area contributed by atoms with Gasteiger partial charge in [0.05, 0.1) is 44.7 Å². The fraction of sp³-hybridized carbons (Fsp3) is 0.364. The summed E-state index contributed by atoms with van der Waals surface area (Å²) in [4.78, 5) is 14.6. The molecule has 4 rings (SSSR count). The number of hydrogen-bond acceptors (Lipinski definition) is 3. The van der Waals surface area contributed by atoms with Crippen LogP contribution in [0.5, 0.6) is 5.75 Å². The van der Waals surface area contributed by atoms with E-state index in [1.807, 2.05) is 60.3 Å². The van der Waals surface area contributed by atoms with Crippen LogP contribution in [-0.2, 0) is 7.05 Å². The summed E-state index contributed by atoms with van der Waals surface area (Å²) in [6.07, 6.45) is 4.54. The lowest BCUT2D eigenvalue weighted by Crippen LogP contribution is -3.10. The van der Waals surface area contributed by atoms with Gasteiger partial charge in [-0.25, -0.2) is 4.68 Å². The van der Waals surface area contributed by atoms with Crippen molar-refractivity contribution < 1.29 is 14.4 Å². The Labute approximate surface area is 170 Å². The largest absolute Gasteiger partial charge is 0.497 e. The molecule has 0 unspecified atom stereocenters. The highest BCUT2D eigenvalue weighted by Crippen LogP contribution is 2.23. The summed E-state index contributed by atoms with van der Waals surface area (Å²) >= 11 is 0. The molecule has 1 amide bonds. The van der Waals surface area contributed by atoms with Crippen molar-refractivity contribution in [1.82, 2.24) is 19.7 Å². The van der Waals surface area contributed by atoms with Crippen LogP contribution in [0.1, 0.15) is 23.3 Å². The molecule has 3 aromatic rings. The number of nitrogens with one attached hydrogen (secondary N) is 2. The molecule has 2 N–H and O–H groups in total. The van der Waals surface area contributed by atoms with Gasteiger partial charge >= 0.3 is 0 Å². The zero-order valence-electron chi connectivity index (χ0n) is 17.0. The molecule has 0 atom stereocenters. The average molecular weight is 394 g/mol. The summed E-state index contributed by atoms with van der Waals surface area (Å²) in [5.74, 6) is 0.663. The molecule has 0 spiro atoms. The minimum atomic E-state index is -0.104. The van der Waals surface area contributed by atoms with Crippen molar-refractivity contribution in [1.29, 1.82) is 0 Å². The maximum atomic E-state index is 13.0. The SMILES string of the molecule is COc1ccc(-n2nc(-c3cccn3C)cc2C(=O)NCC[NH+]2CCCC2)cc1. The third kappa shape index (κ3) is 4.19. The van der Waals surface area contributed by atoms with E-state index in [0.29, 0.717) is 12.2 Å². The van der Waals surface area contributed by atoms with Gasteiger partial charge in [-0.15, -0.1) is 0 Å². The van der Waals surface area contributed by atoms with E-state index in [0.717, 1.165) is 29.4 Å². The maximum Gasteiger partial charge on any atom is 0.270 e. The Balaban J connectivity index is 1.60. The number of benzene rings is 1. The van der Waals surface area contributed by atoms with E-state index in [4.69, 9.17) is 9.84 Å². The number of methoxy groups -OCH3 is 1. The van der Waals surface area contributed by atoms with Crippen LogP contribution in [0.25, 0.3) is 17.1 Å². The molecule has 0 aliphatic carbocycles. The second-order valence-electron chi connectivity index (χ2n) is 7.49. The zero-order chi connectivity index (χ0) is 20.2. The van der Waals surface area contributed by atoms with E-state index in [1.165, 1.54) is 25.9 Å². The van der Waals surface area contributed by atoms with Crippen LogP contribution in [0.15, 0.2) is 48.7 Å². The zero-order valence-corrected chi connectivity index (χ0v) is 17.0. The van der Waals surface area contributed by atoms with E-state index >= 15 is 0 Å². The number of nitrogens with zero attached hydrogens (tertiary/aromatic N) is 3. The average Bonchev–Trinajstić information content (AvgIpc) is 3.48. The van der Waals surface area contributed by atoms with Crippen LogP contribution in [0.4, 0.5) is 0 Å². The lowest BCUT2D eigenvalue weighted by Gasteiger charge is -2.13. The summed E-state index contributed by atoms with van der Waals surface area (Å²) in [6, 6.07) is 13.4. The van der Waals surface area contributed by atoms with Gasteiger partial charge in [-0.3, -0.25) is 4.79 Å². The highest BCUT2D eigenvalue weighted by molar-refractivity contribution is 5.94. The Morgan fingerprint density at radius 3 is 2.62 bits per heavy atom. The monoisotopic (exact) mass is 394 g/mol. The third-order valence-electron chi connectivity index (χ3n) is 5.54. The lowest BCUT2D eigenvalue weighted by atomic mass is 10.2. The van der Waals surface area contributed by atoms with Crippen molar-refractivity contribution in [3.05, 3.63) is 54.4 Å². The Bertz CT molecular complexity index is 968. The van der Waals surface area contributed by atoms with Crippen LogP contribution in [-0.4, -0.2) is 53.5 Å². The van der Waals surface area contributed by atoms with Gasteiger partial charge in [0.25, 0.3) is 5.91 Å². The van der Waals surface area contributed by atoms with Crippen molar-refractivity contribution in [2.75, 3.05) is 33.3 Å². The maximum absolute atomic E-state index is 13.0. The number of amides is 1. The third-order valence-corrected chi connectivity index (χ3v) is 5.54. The molecule has 7 heteroatoms. The smallest absolute Gasteiger partial charge is 0.270 e. The van der Waals surface area contributed by atoms with Gasteiger partial charge in [0.2, 0.25) is 0 Å². The number of carbonyl (C=O) groups is 1. The Morgan fingerprint density at radius 1 is 1.21 bits per heavy atom. The van der Waals surface area contributed by atoms with Crippen LogP contribution < -0.4 is 15.0 Å². The van der Waals surface area contributed by atoms with Gasteiger partial charge in [-0.05, 0) is 42.5 Å². The number of aromatic nitrogens is 3. The van der Waals surface area contributed by atoms with E-state index in [2.05, 4.69) is 5.32 Å². The summed E-state index contributed by atoms with van der Waals surface area (Å²) in [5, 5.41) is 7.81. The van der Waals surface area contributed by atoms with Crippen LogP contribution >= 0.6 is 0 Å². The van der Waals surface area contributed by atoms with Crippen molar-refractivity contribution in [2.45, 2.75) is 12.8 Å². The molecule has 152 valence electrons. The molecule has 0 saturated carbocycles. The number of likely N-dealkylation sites (tertiary alicyclic amines) is 1. The van der Waals surface area contributed by atoms with Gasteiger partial charge in [-0.2, -0.15) is 5.10 Å². The molecule has 1 aliphatic rings. The molecule has 1 aromatic carbocycles. The van der Waals surface area contributed by atoms with E-state index in [-0.39, 0.29) is 5.91 Å². The van der Waals surface area contributed by atoms with E-state index in [9.17, 15) is 4.79 Å². The first-order chi connectivity index (χ1) is 14.2. The summed E-state index contributed by atoms with van der Waals surface area (Å²) in [7, 11) is 3.61. The highest BCUT2D eigenvalue weighted by atomic mass is 16.5. The molecule has 2 aromatic heterocycles. The molecule has 1 aliphatic heterocycles. The predicted octanol–water partition coefficient (Wildman–Crippen LogP) is 1.29. The van der Waals surface area contributed by atoms with Gasteiger partial charge in [0.15, 0.2) is 0 Å². The highest BCUT2D eigenvalue weighted by Gasteiger charge is 2.20. The van der Waals surface area contributed by atoms with E-state index < -0.39 is 0 Å². The first kappa shape index (κ1) is 19.3. The van der Waals surface area contributed by atoms with Gasteiger partial charge in [0, 0.05) is 26.1 Å². The number of rotatable bonds is 7. The number of quaternary nitrogens is 1. The van der Waals surface area contributed by atoms with Gasteiger partial charge < -0.3 is 19.5 Å². The predicted molar refractivity (Wildman–Crippen MR) is 112 cm³/mol. The van der Waals surface area contributed by atoms with Crippen molar-refractivity contribution in [3.8, 4) is 22.8 Å². The topological polar surface area (TPSA) is 65.5 Å². The minimum Gasteiger partial charge on any atom is -0.497 e. The molecular weight excluding hydrogens is 366 g/mol. The normalized spacial score (nSPS) is 14.3. The summed E-state index contributed by atoms with van der Waals surface area (Å²) in [5.41, 5.74) is 3.08. The number of hydrogen-bond donors (Lipinski definition) is 2. The Morgan fingerprint density at radius 2 is 1.97 bits per heavy atom. The van der Waals surface area contributed by atoms with Crippen LogP contribution in [0.2, 0.25) is 0 Å². The summed E-state index contributed by atoms with van der Waals surface area (Å²) < 4.78 is 8.96. The number of ether oxygens (including phenoxy) is 1. The minimum absolute atomic E-state index is 0.104. The second-order valence-corrected chi connectivity index (χ2v) is 7.49. The molecule has 7 nitrogen and oxygen atoms in total. The van der Waals surface area contributed by atoms with Crippen molar-refractivity contribution in [2.24, 2.45) is 7.05 Å². The quantitative estimate of drug-likeness (QED) is 0.635. The Kier molecular flexibility index (Phi) is 5.67. The fourth-order valence-corrected chi connectivity index (χ4v) is 3.88. The molecule has 3 heterocycles. The lowest BCUT2D eigenvalue weighted by molar-refractivity contribution is -0.886. The fourth-order valence-electron chi connectivity index (χ4n) is 3.88. The van der Waals surface area contributed by atoms with Crippen molar-refractivity contribution in [3.63, 3.8) is 0 Å². The molecule has 1 saturated heterocycles.